The quantitative estimate of drug-likeness (QED) is 0.829. The minimum Gasteiger partial charge on any atom is -0.494 e. The number of amides is 1. The summed E-state index contributed by atoms with van der Waals surface area (Å²) in [7, 11) is 0. The molecule has 0 aliphatic rings. The third kappa shape index (κ3) is 3.32. The molecule has 0 spiro atoms. The van der Waals surface area contributed by atoms with Gasteiger partial charge in [0.05, 0.1) is 17.4 Å². The molecule has 0 aliphatic carbocycles. The largest absolute Gasteiger partial charge is 0.494 e. The van der Waals surface area contributed by atoms with E-state index in [1.807, 2.05) is 43.5 Å². The van der Waals surface area contributed by atoms with Crippen molar-refractivity contribution in [1.29, 1.82) is 0 Å². The first-order valence-electron chi connectivity index (χ1n) is 6.32. The van der Waals surface area contributed by atoms with Crippen LogP contribution in [0.4, 0.5) is 5.69 Å². The summed E-state index contributed by atoms with van der Waals surface area (Å²) in [6.45, 7) is 4.44. The van der Waals surface area contributed by atoms with E-state index in [9.17, 15) is 4.79 Å². The molecule has 2 aromatic rings. The Morgan fingerprint density at radius 3 is 2.80 bits per heavy atom. The number of halogens is 1. The Bertz CT molecular complexity index is 610. The Morgan fingerprint density at radius 2 is 2.20 bits per heavy atom. The number of nitrogens with one attached hydrogen (secondary N) is 1. The molecule has 1 N–H and O–H groups in total. The Morgan fingerprint density at radius 1 is 1.40 bits per heavy atom. The average Bonchev–Trinajstić information content (AvgIpc) is 2.87. The second-order valence-electron chi connectivity index (χ2n) is 4.28. The van der Waals surface area contributed by atoms with Crippen LogP contribution in [0.1, 0.15) is 27.7 Å². The van der Waals surface area contributed by atoms with Crippen LogP contribution in [0.3, 0.4) is 0 Å². The first-order valence-corrected chi connectivity index (χ1v) is 7.74. The highest BCUT2D eigenvalue weighted by atomic mass is 35.5. The molecule has 106 valence electrons. The first-order chi connectivity index (χ1) is 9.65. The Balaban J connectivity index is 2.18. The van der Waals surface area contributed by atoms with Gasteiger partial charge in [-0.25, -0.2) is 0 Å². The maximum absolute atomic E-state index is 12.1. The summed E-state index contributed by atoms with van der Waals surface area (Å²) in [5, 5.41) is 4.80. The standard InChI is InChI=1S/C15H16ClNO2S/c1-3-19-13-5-4-12(8-11(13)9-16)17-15(18)14-10(2)6-7-20-14/h4-8H,3,9H2,1-2H3,(H,17,18). The molecular formula is C15H16ClNO2S. The van der Waals surface area contributed by atoms with Crippen molar-refractivity contribution in [2.75, 3.05) is 11.9 Å². The second-order valence-corrected chi connectivity index (χ2v) is 5.46. The van der Waals surface area contributed by atoms with Crippen LogP contribution in [0.2, 0.25) is 0 Å². The van der Waals surface area contributed by atoms with E-state index in [-0.39, 0.29) is 5.91 Å². The lowest BCUT2D eigenvalue weighted by Gasteiger charge is -2.11. The fourth-order valence-electron chi connectivity index (χ4n) is 1.85. The van der Waals surface area contributed by atoms with Crippen molar-refractivity contribution in [2.24, 2.45) is 0 Å². The summed E-state index contributed by atoms with van der Waals surface area (Å²) in [5.41, 5.74) is 2.58. The normalized spacial score (nSPS) is 10.3. The van der Waals surface area contributed by atoms with Crippen LogP contribution < -0.4 is 10.1 Å². The third-order valence-corrected chi connectivity index (χ3v) is 4.13. The minimum atomic E-state index is -0.0952. The van der Waals surface area contributed by atoms with Crippen molar-refractivity contribution in [3.05, 3.63) is 45.6 Å². The van der Waals surface area contributed by atoms with Crippen LogP contribution >= 0.6 is 22.9 Å². The molecule has 0 radical (unpaired) electrons. The number of hydrogen-bond acceptors (Lipinski definition) is 3. The van der Waals surface area contributed by atoms with Crippen molar-refractivity contribution in [1.82, 2.24) is 0 Å². The maximum atomic E-state index is 12.1. The molecule has 0 fully saturated rings. The van der Waals surface area contributed by atoms with Gasteiger partial charge in [0.15, 0.2) is 0 Å². The zero-order valence-electron chi connectivity index (χ0n) is 11.4. The monoisotopic (exact) mass is 309 g/mol. The van der Waals surface area contributed by atoms with Crippen LogP contribution in [0.25, 0.3) is 0 Å². The molecule has 1 amide bonds. The zero-order valence-corrected chi connectivity index (χ0v) is 13.0. The van der Waals surface area contributed by atoms with Crippen LogP contribution in [0, 0.1) is 6.92 Å². The fourth-order valence-corrected chi connectivity index (χ4v) is 2.88. The Kier molecular flexibility index (Phi) is 5.04. The van der Waals surface area contributed by atoms with Crippen molar-refractivity contribution >= 4 is 34.5 Å². The molecule has 1 aromatic heterocycles. The van der Waals surface area contributed by atoms with Gasteiger partial charge in [-0.05, 0) is 49.1 Å². The number of benzene rings is 1. The lowest BCUT2D eigenvalue weighted by atomic mass is 10.2. The van der Waals surface area contributed by atoms with Gasteiger partial charge in [-0.15, -0.1) is 22.9 Å². The SMILES string of the molecule is CCOc1ccc(NC(=O)c2sccc2C)cc1CCl. The lowest BCUT2D eigenvalue weighted by Crippen LogP contribution is -2.11. The van der Waals surface area contributed by atoms with Gasteiger partial charge >= 0.3 is 0 Å². The van der Waals surface area contributed by atoms with Gasteiger partial charge in [-0.1, -0.05) is 0 Å². The lowest BCUT2D eigenvalue weighted by molar-refractivity contribution is 0.103. The zero-order chi connectivity index (χ0) is 14.5. The predicted molar refractivity (Wildman–Crippen MR) is 84.2 cm³/mol. The summed E-state index contributed by atoms with van der Waals surface area (Å²) >= 11 is 7.35. The number of thiophene rings is 1. The van der Waals surface area contributed by atoms with E-state index in [4.69, 9.17) is 16.3 Å². The van der Waals surface area contributed by atoms with E-state index >= 15 is 0 Å². The molecule has 0 bridgehead atoms. The van der Waals surface area contributed by atoms with E-state index < -0.39 is 0 Å². The minimum absolute atomic E-state index is 0.0952. The molecule has 20 heavy (non-hydrogen) atoms. The van der Waals surface area contributed by atoms with Crippen LogP contribution in [0.15, 0.2) is 29.6 Å². The Labute approximate surface area is 127 Å². The van der Waals surface area contributed by atoms with Gasteiger partial charge in [-0.2, -0.15) is 0 Å². The number of rotatable bonds is 5. The van der Waals surface area contributed by atoms with Crippen LogP contribution in [0.5, 0.6) is 5.75 Å². The van der Waals surface area contributed by atoms with E-state index in [1.165, 1.54) is 11.3 Å². The fraction of sp³-hybridized carbons (Fsp3) is 0.267. The highest BCUT2D eigenvalue weighted by Crippen LogP contribution is 2.25. The number of hydrogen-bond donors (Lipinski definition) is 1. The van der Waals surface area contributed by atoms with Gasteiger partial charge in [0.25, 0.3) is 5.91 Å². The molecule has 0 atom stereocenters. The van der Waals surface area contributed by atoms with E-state index in [2.05, 4.69) is 5.32 Å². The number of carbonyl (C=O) groups is 1. The van der Waals surface area contributed by atoms with E-state index in [0.29, 0.717) is 12.5 Å². The summed E-state index contributed by atoms with van der Waals surface area (Å²) in [4.78, 5) is 12.9. The molecule has 0 saturated heterocycles. The van der Waals surface area contributed by atoms with Crippen LogP contribution in [-0.4, -0.2) is 12.5 Å². The maximum Gasteiger partial charge on any atom is 0.265 e. The van der Waals surface area contributed by atoms with Crippen molar-refractivity contribution < 1.29 is 9.53 Å². The molecule has 2 rings (SSSR count). The summed E-state index contributed by atoms with van der Waals surface area (Å²) in [6, 6.07) is 7.43. The summed E-state index contributed by atoms with van der Waals surface area (Å²) in [5.74, 6) is 1.01. The number of aryl methyl sites for hydroxylation is 1. The molecule has 0 saturated carbocycles. The van der Waals surface area contributed by atoms with Gasteiger partial charge in [0.1, 0.15) is 5.75 Å². The smallest absolute Gasteiger partial charge is 0.265 e. The highest BCUT2D eigenvalue weighted by molar-refractivity contribution is 7.12. The topological polar surface area (TPSA) is 38.3 Å². The van der Waals surface area contributed by atoms with E-state index in [1.54, 1.807) is 0 Å². The van der Waals surface area contributed by atoms with Gasteiger partial charge in [0.2, 0.25) is 0 Å². The van der Waals surface area contributed by atoms with E-state index in [0.717, 1.165) is 27.4 Å². The molecule has 0 unspecified atom stereocenters. The molecule has 0 aliphatic heterocycles. The molecule has 1 heterocycles. The Hall–Kier alpha value is -1.52. The van der Waals surface area contributed by atoms with Crippen molar-refractivity contribution in [3.8, 4) is 5.75 Å². The molecule has 1 aromatic carbocycles. The number of anilines is 1. The molecule has 5 heteroatoms. The van der Waals surface area contributed by atoms with Gasteiger partial charge in [0, 0.05) is 11.3 Å². The van der Waals surface area contributed by atoms with Crippen molar-refractivity contribution in [3.63, 3.8) is 0 Å². The molecular weight excluding hydrogens is 294 g/mol. The average molecular weight is 310 g/mol. The summed E-state index contributed by atoms with van der Waals surface area (Å²) < 4.78 is 5.48. The van der Waals surface area contributed by atoms with Gasteiger partial charge < -0.3 is 10.1 Å². The first kappa shape index (κ1) is 14.9. The second kappa shape index (κ2) is 6.77. The number of ether oxygens (including phenoxy) is 1. The summed E-state index contributed by atoms with van der Waals surface area (Å²) in [6.07, 6.45) is 0. The van der Waals surface area contributed by atoms with Gasteiger partial charge in [-0.3, -0.25) is 4.79 Å². The highest BCUT2D eigenvalue weighted by Gasteiger charge is 2.12. The van der Waals surface area contributed by atoms with Crippen molar-refractivity contribution in [2.45, 2.75) is 19.7 Å². The number of carbonyl (C=O) groups excluding carboxylic acids is 1. The third-order valence-electron chi connectivity index (χ3n) is 2.83. The predicted octanol–water partition coefficient (Wildman–Crippen LogP) is 4.45. The number of alkyl halides is 1. The molecule has 3 nitrogen and oxygen atoms in total. The van der Waals surface area contributed by atoms with Crippen LogP contribution in [-0.2, 0) is 5.88 Å².